The molecular weight excluding hydrogens is 409 g/mol. The van der Waals surface area contributed by atoms with E-state index in [-0.39, 0.29) is 30.6 Å². The first kappa shape index (κ1) is 20.1. The van der Waals surface area contributed by atoms with Crippen molar-refractivity contribution in [3.63, 3.8) is 0 Å². The minimum absolute atomic E-state index is 0.0523. The van der Waals surface area contributed by atoms with Gasteiger partial charge in [0, 0.05) is 49.8 Å². The lowest BCUT2D eigenvalue weighted by Gasteiger charge is -2.31. The first-order valence-electron chi connectivity index (χ1n) is 9.67. The van der Waals surface area contributed by atoms with Crippen LogP contribution in [0.5, 0.6) is 0 Å². The molecule has 1 saturated heterocycles. The third-order valence-corrected chi connectivity index (χ3v) is 6.25. The predicted octanol–water partition coefficient (Wildman–Crippen LogP) is 1.99. The van der Waals surface area contributed by atoms with E-state index in [1.165, 1.54) is 34.2 Å². The summed E-state index contributed by atoms with van der Waals surface area (Å²) in [5, 5.41) is 9.72. The number of carbonyl (C=O) groups excluding carboxylic acids is 1. The molecule has 0 unspecified atom stereocenters. The first-order valence-corrected chi connectivity index (χ1v) is 10.5. The van der Waals surface area contributed by atoms with Crippen LogP contribution in [0.4, 0.5) is 4.39 Å². The highest BCUT2D eigenvalue weighted by molar-refractivity contribution is 7.14. The number of carbonyl (C=O) groups is 1. The van der Waals surface area contributed by atoms with Crippen LogP contribution in [0.2, 0.25) is 0 Å². The van der Waals surface area contributed by atoms with Crippen LogP contribution in [-0.4, -0.2) is 43.6 Å². The molecule has 1 amide bonds. The molecule has 0 saturated carbocycles. The van der Waals surface area contributed by atoms with Gasteiger partial charge in [0.1, 0.15) is 10.8 Å². The van der Waals surface area contributed by atoms with E-state index in [0.717, 1.165) is 17.8 Å². The molecule has 0 bridgehead atoms. The van der Waals surface area contributed by atoms with Crippen LogP contribution in [0.15, 0.2) is 46.1 Å². The van der Waals surface area contributed by atoms with Crippen LogP contribution in [0.1, 0.15) is 30.2 Å². The van der Waals surface area contributed by atoms with Crippen LogP contribution in [0.25, 0.3) is 10.6 Å². The van der Waals surface area contributed by atoms with E-state index in [4.69, 9.17) is 0 Å². The molecule has 3 aromatic rings. The highest BCUT2D eigenvalue weighted by Crippen LogP contribution is 2.33. The first-order chi connectivity index (χ1) is 14.5. The SMILES string of the molecule is O=C(CCn1ccc(=O)[nH]c1=O)N1CCC[C@@H](c2nnc(-c3ccccc3F)s2)C1. The Morgan fingerprint density at radius 2 is 2.07 bits per heavy atom. The number of rotatable bonds is 5. The van der Waals surface area contributed by atoms with Crippen molar-refractivity contribution in [3.05, 3.63) is 68.2 Å². The van der Waals surface area contributed by atoms with Crippen LogP contribution >= 0.6 is 11.3 Å². The van der Waals surface area contributed by atoms with Gasteiger partial charge in [0.05, 0.1) is 0 Å². The molecule has 1 atom stereocenters. The fourth-order valence-corrected chi connectivity index (χ4v) is 4.54. The number of benzene rings is 1. The molecule has 0 aliphatic carbocycles. The average molecular weight is 429 g/mol. The van der Waals surface area contributed by atoms with E-state index in [1.807, 2.05) is 0 Å². The molecule has 156 valence electrons. The van der Waals surface area contributed by atoms with Crippen LogP contribution in [-0.2, 0) is 11.3 Å². The molecule has 1 aliphatic heterocycles. The normalized spacial score (nSPS) is 16.6. The van der Waals surface area contributed by atoms with E-state index in [9.17, 15) is 18.8 Å². The molecule has 30 heavy (non-hydrogen) atoms. The monoisotopic (exact) mass is 429 g/mol. The van der Waals surface area contributed by atoms with Gasteiger partial charge in [-0.2, -0.15) is 0 Å². The van der Waals surface area contributed by atoms with Crippen molar-refractivity contribution in [1.29, 1.82) is 0 Å². The van der Waals surface area contributed by atoms with Crippen molar-refractivity contribution in [2.45, 2.75) is 31.7 Å². The quantitative estimate of drug-likeness (QED) is 0.669. The maximum atomic E-state index is 14.0. The van der Waals surface area contributed by atoms with E-state index in [1.54, 1.807) is 23.1 Å². The number of aromatic amines is 1. The number of piperidine rings is 1. The molecule has 4 rings (SSSR count). The molecule has 3 heterocycles. The number of aromatic nitrogens is 4. The molecule has 0 spiro atoms. The number of H-pyrrole nitrogens is 1. The summed E-state index contributed by atoms with van der Waals surface area (Å²) < 4.78 is 15.3. The average Bonchev–Trinajstić information content (AvgIpc) is 3.23. The fourth-order valence-electron chi connectivity index (χ4n) is 3.54. The Balaban J connectivity index is 1.41. The number of hydrogen-bond acceptors (Lipinski definition) is 6. The van der Waals surface area contributed by atoms with Gasteiger partial charge in [-0.1, -0.05) is 23.5 Å². The van der Waals surface area contributed by atoms with Gasteiger partial charge in [0.25, 0.3) is 5.56 Å². The van der Waals surface area contributed by atoms with E-state index in [2.05, 4.69) is 15.2 Å². The Morgan fingerprint density at radius 1 is 1.23 bits per heavy atom. The van der Waals surface area contributed by atoms with Crippen molar-refractivity contribution in [3.8, 4) is 10.6 Å². The number of likely N-dealkylation sites (tertiary alicyclic amines) is 1. The zero-order chi connectivity index (χ0) is 21.1. The predicted molar refractivity (Wildman–Crippen MR) is 110 cm³/mol. The minimum Gasteiger partial charge on any atom is -0.342 e. The topological polar surface area (TPSA) is 101 Å². The van der Waals surface area contributed by atoms with Crippen LogP contribution < -0.4 is 11.2 Å². The lowest BCUT2D eigenvalue weighted by atomic mass is 9.98. The molecule has 8 nitrogen and oxygen atoms in total. The fraction of sp³-hybridized carbons (Fsp3) is 0.350. The van der Waals surface area contributed by atoms with Gasteiger partial charge in [0.15, 0.2) is 5.01 Å². The summed E-state index contributed by atoms with van der Waals surface area (Å²) in [6.07, 6.45) is 3.27. The Kier molecular flexibility index (Phi) is 5.84. The highest BCUT2D eigenvalue weighted by Gasteiger charge is 2.27. The lowest BCUT2D eigenvalue weighted by Crippen LogP contribution is -2.40. The molecular formula is C20H20FN5O3S. The maximum Gasteiger partial charge on any atom is 0.328 e. The molecule has 1 aliphatic rings. The molecule has 2 aromatic heterocycles. The summed E-state index contributed by atoms with van der Waals surface area (Å²) in [5.74, 6) is -0.341. The second-order valence-corrected chi connectivity index (χ2v) is 8.17. The number of nitrogens with zero attached hydrogens (tertiary/aromatic N) is 4. The number of halogens is 1. The molecule has 10 heteroatoms. The Hall–Kier alpha value is -3.14. The summed E-state index contributed by atoms with van der Waals surface area (Å²) in [6.45, 7) is 1.37. The van der Waals surface area contributed by atoms with Crippen molar-refractivity contribution in [2.24, 2.45) is 0 Å². The van der Waals surface area contributed by atoms with Crippen LogP contribution in [0.3, 0.4) is 0 Å². The third-order valence-electron chi connectivity index (χ3n) is 5.13. The van der Waals surface area contributed by atoms with Crippen molar-refractivity contribution in [1.82, 2.24) is 24.6 Å². The Bertz CT molecular complexity index is 1170. The molecule has 1 fully saturated rings. The summed E-state index contributed by atoms with van der Waals surface area (Å²) in [6, 6.07) is 7.71. The van der Waals surface area contributed by atoms with Crippen molar-refractivity contribution >= 4 is 17.2 Å². The summed E-state index contributed by atoms with van der Waals surface area (Å²) in [4.78, 5) is 39.5. The number of amides is 1. The maximum absolute atomic E-state index is 14.0. The smallest absolute Gasteiger partial charge is 0.328 e. The van der Waals surface area contributed by atoms with Gasteiger partial charge >= 0.3 is 5.69 Å². The summed E-state index contributed by atoms with van der Waals surface area (Å²) in [5.41, 5.74) is -0.564. The summed E-state index contributed by atoms with van der Waals surface area (Å²) in [7, 11) is 0. The van der Waals surface area contributed by atoms with Gasteiger partial charge in [-0.05, 0) is 25.0 Å². The van der Waals surface area contributed by atoms with Gasteiger partial charge in [-0.25, -0.2) is 9.18 Å². The zero-order valence-corrected chi connectivity index (χ0v) is 16.9. The van der Waals surface area contributed by atoms with Crippen LogP contribution in [0, 0.1) is 5.82 Å². The Morgan fingerprint density at radius 3 is 2.87 bits per heavy atom. The Labute approximate surface area is 175 Å². The second kappa shape index (κ2) is 8.70. The highest BCUT2D eigenvalue weighted by atomic mass is 32.1. The van der Waals surface area contributed by atoms with E-state index >= 15 is 0 Å². The zero-order valence-electron chi connectivity index (χ0n) is 16.1. The third kappa shape index (κ3) is 4.38. The van der Waals surface area contributed by atoms with Gasteiger partial charge in [-0.3, -0.25) is 14.6 Å². The number of aryl methyl sites for hydroxylation is 1. The van der Waals surface area contributed by atoms with E-state index < -0.39 is 11.2 Å². The van der Waals surface area contributed by atoms with Crippen molar-refractivity contribution in [2.75, 3.05) is 13.1 Å². The summed E-state index contributed by atoms with van der Waals surface area (Å²) >= 11 is 1.35. The van der Waals surface area contributed by atoms with Gasteiger partial charge < -0.3 is 9.47 Å². The molecule has 0 radical (unpaired) electrons. The standard InChI is InChI=1S/C20H20FN5O3S/c21-15-6-2-1-5-14(15)19-24-23-18(30-19)13-4-3-9-26(12-13)17(28)8-11-25-10-7-16(27)22-20(25)29/h1-2,5-7,10,13H,3-4,8-9,11-12H2,(H,22,27,29)/t13-/m1/s1. The van der Waals surface area contributed by atoms with Gasteiger partial charge in [-0.15, -0.1) is 10.2 Å². The van der Waals surface area contributed by atoms with E-state index in [0.29, 0.717) is 23.7 Å². The number of hydrogen-bond donors (Lipinski definition) is 1. The second-order valence-electron chi connectivity index (χ2n) is 7.16. The number of nitrogens with one attached hydrogen (secondary N) is 1. The molecule has 1 aromatic carbocycles. The lowest BCUT2D eigenvalue weighted by molar-refractivity contribution is -0.132. The van der Waals surface area contributed by atoms with Gasteiger partial charge in [0.2, 0.25) is 5.91 Å². The minimum atomic E-state index is -0.527. The molecule has 1 N–H and O–H groups in total. The van der Waals surface area contributed by atoms with Crippen molar-refractivity contribution < 1.29 is 9.18 Å². The largest absolute Gasteiger partial charge is 0.342 e.